The Bertz CT molecular complexity index is 890. The zero-order valence-electron chi connectivity index (χ0n) is 16.6. The van der Waals surface area contributed by atoms with E-state index in [-0.39, 0.29) is 6.04 Å². The Balaban J connectivity index is 1.55. The van der Waals surface area contributed by atoms with Crippen LogP contribution in [-0.4, -0.2) is 31.1 Å². The maximum Gasteiger partial charge on any atom is 0.119 e. The molecule has 0 amide bonds. The fourth-order valence-electron chi connectivity index (χ4n) is 3.90. The summed E-state index contributed by atoms with van der Waals surface area (Å²) in [7, 11) is 0. The number of nitrogens with zero attached hydrogens (tertiary/aromatic N) is 1. The Morgan fingerprint density at radius 2 is 1.69 bits per heavy atom. The molecule has 0 bridgehead atoms. The van der Waals surface area contributed by atoms with Gasteiger partial charge in [0.05, 0.1) is 6.04 Å². The van der Waals surface area contributed by atoms with E-state index in [9.17, 15) is 0 Å². The average molecular weight is 407 g/mol. The molecule has 0 spiro atoms. The van der Waals surface area contributed by atoms with Crippen LogP contribution in [0.15, 0.2) is 78.9 Å². The first-order valence-electron chi connectivity index (χ1n) is 10.3. The van der Waals surface area contributed by atoms with Crippen LogP contribution in [0.3, 0.4) is 0 Å². The van der Waals surface area contributed by atoms with Crippen molar-refractivity contribution in [3.05, 3.63) is 101 Å². The van der Waals surface area contributed by atoms with Gasteiger partial charge in [0.15, 0.2) is 0 Å². The molecule has 1 unspecified atom stereocenters. The summed E-state index contributed by atoms with van der Waals surface area (Å²) in [6.45, 7) is 4.75. The van der Waals surface area contributed by atoms with Gasteiger partial charge in [-0.2, -0.15) is 0 Å². The monoisotopic (exact) mass is 406 g/mol. The average Bonchev–Trinajstić information content (AvgIpc) is 3.04. The Hall–Kier alpha value is -2.33. The van der Waals surface area contributed by atoms with Crippen LogP contribution >= 0.6 is 11.6 Å². The van der Waals surface area contributed by atoms with Gasteiger partial charge in [-0.1, -0.05) is 66.2 Å². The number of rotatable bonds is 6. The molecule has 0 aliphatic carbocycles. The summed E-state index contributed by atoms with van der Waals surface area (Å²) >= 11 is 6.32. The highest BCUT2D eigenvalue weighted by Gasteiger charge is 2.23. The van der Waals surface area contributed by atoms with Crippen LogP contribution in [0.25, 0.3) is 0 Å². The summed E-state index contributed by atoms with van der Waals surface area (Å²) < 4.78 is 5.97. The third-order valence-corrected chi connectivity index (χ3v) is 5.58. The van der Waals surface area contributed by atoms with Crippen molar-refractivity contribution < 1.29 is 4.74 Å². The first-order chi connectivity index (χ1) is 14.3. The van der Waals surface area contributed by atoms with Gasteiger partial charge in [-0.25, -0.2) is 0 Å². The van der Waals surface area contributed by atoms with E-state index in [4.69, 9.17) is 16.3 Å². The van der Waals surface area contributed by atoms with Gasteiger partial charge in [0.25, 0.3) is 0 Å². The minimum absolute atomic E-state index is 0.191. The Morgan fingerprint density at radius 1 is 0.862 bits per heavy atom. The van der Waals surface area contributed by atoms with Crippen LogP contribution in [0.2, 0.25) is 5.02 Å². The second kappa shape index (κ2) is 9.93. The van der Waals surface area contributed by atoms with E-state index in [0.29, 0.717) is 6.61 Å². The SMILES string of the molecule is Clc1cccc(C(c2ccc(OCc3ccccc3)cc2)N2CCCNCC2)c1. The standard InChI is InChI=1S/C25H27ClN2O/c26-23-9-4-8-22(18-23)25(28-16-5-14-27-15-17-28)21-10-12-24(13-11-21)29-19-20-6-2-1-3-7-20/h1-4,6-13,18,25,27H,5,14-17,19H2. The topological polar surface area (TPSA) is 24.5 Å². The van der Waals surface area contributed by atoms with Gasteiger partial charge < -0.3 is 10.1 Å². The van der Waals surface area contributed by atoms with Crippen LogP contribution in [0.1, 0.15) is 29.2 Å². The van der Waals surface area contributed by atoms with E-state index in [2.05, 4.69) is 58.7 Å². The van der Waals surface area contributed by atoms with E-state index < -0.39 is 0 Å². The molecule has 1 aliphatic heterocycles. The van der Waals surface area contributed by atoms with Gasteiger partial charge in [0.2, 0.25) is 0 Å². The molecule has 4 heteroatoms. The number of ether oxygens (including phenoxy) is 1. The molecular weight excluding hydrogens is 380 g/mol. The van der Waals surface area contributed by atoms with Crippen LogP contribution in [0, 0.1) is 0 Å². The van der Waals surface area contributed by atoms with Gasteiger partial charge in [0, 0.05) is 24.7 Å². The Labute approximate surface area is 178 Å². The first kappa shape index (κ1) is 20.0. The molecule has 1 fully saturated rings. The van der Waals surface area contributed by atoms with Gasteiger partial charge >= 0.3 is 0 Å². The van der Waals surface area contributed by atoms with Crippen molar-refractivity contribution in [1.82, 2.24) is 10.2 Å². The highest BCUT2D eigenvalue weighted by atomic mass is 35.5. The van der Waals surface area contributed by atoms with Crippen LogP contribution in [0.5, 0.6) is 5.75 Å². The van der Waals surface area contributed by atoms with Gasteiger partial charge in [0.1, 0.15) is 12.4 Å². The van der Waals surface area contributed by atoms with Crippen molar-refractivity contribution in [2.45, 2.75) is 19.1 Å². The van der Waals surface area contributed by atoms with Crippen molar-refractivity contribution in [2.75, 3.05) is 26.2 Å². The molecule has 1 saturated heterocycles. The number of hydrogen-bond acceptors (Lipinski definition) is 3. The van der Waals surface area contributed by atoms with Crippen molar-refractivity contribution in [3.63, 3.8) is 0 Å². The number of hydrogen-bond donors (Lipinski definition) is 1. The summed E-state index contributed by atoms with van der Waals surface area (Å²) in [6.07, 6.45) is 1.15. The smallest absolute Gasteiger partial charge is 0.119 e. The Kier molecular flexibility index (Phi) is 6.83. The molecule has 1 atom stereocenters. The third kappa shape index (κ3) is 5.39. The van der Waals surface area contributed by atoms with E-state index in [1.54, 1.807) is 0 Å². The highest BCUT2D eigenvalue weighted by Crippen LogP contribution is 2.31. The Morgan fingerprint density at radius 3 is 2.48 bits per heavy atom. The maximum absolute atomic E-state index is 6.32. The quantitative estimate of drug-likeness (QED) is 0.600. The van der Waals surface area contributed by atoms with Crippen molar-refractivity contribution in [1.29, 1.82) is 0 Å². The fraction of sp³-hybridized carbons (Fsp3) is 0.280. The van der Waals surface area contributed by atoms with E-state index in [0.717, 1.165) is 43.4 Å². The normalized spacial score (nSPS) is 16.2. The van der Waals surface area contributed by atoms with Gasteiger partial charge in [-0.15, -0.1) is 0 Å². The molecule has 1 aliphatic rings. The summed E-state index contributed by atoms with van der Waals surface area (Å²) in [5.41, 5.74) is 3.67. The van der Waals surface area contributed by atoms with Crippen molar-refractivity contribution >= 4 is 11.6 Å². The summed E-state index contributed by atoms with van der Waals surface area (Å²) in [6, 6.07) is 27.2. The molecule has 3 nitrogen and oxygen atoms in total. The van der Waals surface area contributed by atoms with Crippen LogP contribution in [0.4, 0.5) is 0 Å². The lowest BCUT2D eigenvalue weighted by Gasteiger charge is -2.31. The van der Waals surface area contributed by atoms with Crippen LogP contribution in [-0.2, 0) is 6.61 Å². The molecular formula is C25H27ClN2O. The second-order valence-corrected chi connectivity index (χ2v) is 7.88. The molecule has 29 heavy (non-hydrogen) atoms. The molecule has 150 valence electrons. The molecule has 1 N–H and O–H groups in total. The van der Waals surface area contributed by atoms with Gasteiger partial charge in [-0.05, 0) is 53.9 Å². The summed E-state index contributed by atoms with van der Waals surface area (Å²) in [4.78, 5) is 2.55. The highest BCUT2D eigenvalue weighted by molar-refractivity contribution is 6.30. The van der Waals surface area contributed by atoms with Crippen LogP contribution < -0.4 is 10.1 Å². The fourth-order valence-corrected chi connectivity index (χ4v) is 4.10. The minimum atomic E-state index is 0.191. The molecule has 3 aromatic rings. The molecule has 0 radical (unpaired) electrons. The lowest BCUT2D eigenvalue weighted by molar-refractivity contribution is 0.241. The summed E-state index contributed by atoms with van der Waals surface area (Å²) in [5.74, 6) is 0.889. The maximum atomic E-state index is 6.32. The minimum Gasteiger partial charge on any atom is -0.489 e. The predicted octanol–water partition coefficient (Wildman–Crippen LogP) is 5.30. The van der Waals surface area contributed by atoms with E-state index in [1.807, 2.05) is 30.3 Å². The second-order valence-electron chi connectivity index (χ2n) is 7.44. The zero-order chi connectivity index (χ0) is 19.9. The molecule has 0 saturated carbocycles. The number of benzene rings is 3. The summed E-state index contributed by atoms with van der Waals surface area (Å²) in [5, 5.41) is 4.28. The number of nitrogens with one attached hydrogen (secondary N) is 1. The van der Waals surface area contributed by atoms with Crippen molar-refractivity contribution in [2.24, 2.45) is 0 Å². The predicted molar refractivity (Wildman–Crippen MR) is 120 cm³/mol. The molecule has 3 aromatic carbocycles. The molecule has 1 heterocycles. The molecule has 0 aromatic heterocycles. The zero-order valence-corrected chi connectivity index (χ0v) is 17.3. The lowest BCUT2D eigenvalue weighted by Crippen LogP contribution is -2.33. The third-order valence-electron chi connectivity index (χ3n) is 5.35. The lowest BCUT2D eigenvalue weighted by atomic mass is 9.96. The largest absolute Gasteiger partial charge is 0.489 e. The van der Waals surface area contributed by atoms with E-state index >= 15 is 0 Å². The van der Waals surface area contributed by atoms with Crippen molar-refractivity contribution in [3.8, 4) is 5.75 Å². The molecule has 4 rings (SSSR count). The number of halogens is 1. The first-order valence-corrected chi connectivity index (χ1v) is 10.6. The van der Waals surface area contributed by atoms with Gasteiger partial charge in [-0.3, -0.25) is 4.90 Å². The van der Waals surface area contributed by atoms with E-state index in [1.165, 1.54) is 16.7 Å².